The van der Waals surface area contributed by atoms with Gasteiger partial charge in [-0.15, -0.1) is 0 Å². The first kappa shape index (κ1) is 26.4. The number of aromatic nitrogens is 3. The maximum Gasteiger partial charge on any atom is 0.451 e. The number of pyridine rings is 1. The minimum atomic E-state index is -4.69. The van der Waals surface area contributed by atoms with Gasteiger partial charge >= 0.3 is 6.18 Å². The third-order valence-electron chi connectivity index (χ3n) is 6.66. The van der Waals surface area contributed by atoms with Crippen molar-refractivity contribution in [2.45, 2.75) is 54.9 Å². The fourth-order valence-corrected chi connectivity index (χ4v) is 6.93. The molecular formula is C24H20ClF4N5O3S. The molecule has 0 bridgehead atoms. The molecule has 1 N–H and O–H groups in total. The second-order valence-electron chi connectivity index (χ2n) is 9.23. The minimum absolute atomic E-state index is 0.0324. The second-order valence-corrected chi connectivity index (χ2v) is 11.4. The normalized spacial score (nSPS) is 19.0. The Kier molecular flexibility index (Phi) is 6.64. The standard InChI is InChI=1S/C24H20ClF4N5O3S/c25-20-10-14(9-18(33-20)15-12-31-22(32-13-15)24(27,28)29)11-30-21(35)19-5-6-23(7-8-23)34(19)38(36,37)17-3-1-16(26)2-4-17/h1-4,9-10,12-13,19H,5-8,11H2,(H,30,35)/t19-/m0/s1. The van der Waals surface area contributed by atoms with E-state index in [4.69, 9.17) is 11.6 Å². The Morgan fingerprint density at radius 1 is 1.11 bits per heavy atom. The van der Waals surface area contributed by atoms with Crippen LogP contribution in [0.1, 0.15) is 37.1 Å². The predicted molar refractivity (Wildman–Crippen MR) is 128 cm³/mol. The summed E-state index contributed by atoms with van der Waals surface area (Å²) in [6, 6.07) is 6.52. The second kappa shape index (κ2) is 9.54. The van der Waals surface area contributed by atoms with Gasteiger partial charge in [-0.2, -0.15) is 17.5 Å². The lowest BCUT2D eigenvalue weighted by Crippen LogP contribution is -2.49. The van der Waals surface area contributed by atoms with E-state index in [1.54, 1.807) is 0 Å². The summed E-state index contributed by atoms with van der Waals surface area (Å²) in [6.07, 6.45) is -0.605. The molecule has 1 saturated carbocycles. The van der Waals surface area contributed by atoms with Gasteiger partial charge in [-0.25, -0.2) is 27.8 Å². The summed E-state index contributed by atoms with van der Waals surface area (Å²) >= 11 is 6.09. The first-order valence-corrected chi connectivity index (χ1v) is 13.3. The number of rotatable bonds is 6. The van der Waals surface area contributed by atoms with Gasteiger partial charge in [-0.1, -0.05) is 11.6 Å². The molecular weight excluding hydrogens is 550 g/mol. The monoisotopic (exact) mass is 569 g/mol. The maximum absolute atomic E-state index is 13.4. The lowest BCUT2D eigenvalue weighted by molar-refractivity contribution is -0.145. The summed E-state index contributed by atoms with van der Waals surface area (Å²) in [6.45, 7) is -0.0382. The molecule has 3 heterocycles. The van der Waals surface area contributed by atoms with Crippen molar-refractivity contribution < 1.29 is 30.8 Å². The van der Waals surface area contributed by atoms with E-state index >= 15 is 0 Å². The van der Waals surface area contributed by atoms with Gasteiger partial charge in [0.2, 0.25) is 21.8 Å². The zero-order valence-corrected chi connectivity index (χ0v) is 21.1. The Morgan fingerprint density at radius 2 is 1.76 bits per heavy atom. The highest BCUT2D eigenvalue weighted by atomic mass is 35.5. The van der Waals surface area contributed by atoms with Crippen LogP contribution in [0.25, 0.3) is 11.3 Å². The number of sulfonamides is 1. The van der Waals surface area contributed by atoms with E-state index in [-0.39, 0.29) is 27.9 Å². The molecule has 1 amide bonds. The van der Waals surface area contributed by atoms with E-state index in [0.717, 1.165) is 24.5 Å². The fourth-order valence-electron chi connectivity index (χ4n) is 4.67. The number of nitrogens with zero attached hydrogens (tertiary/aromatic N) is 4. The van der Waals surface area contributed by atoms with Crippen LogP contribution in [0.4, 0.5) is 17.6 Å². The predicted octanol–water partition coefficient (Wildman–Crippen LogP) is 4.35. The number of nitrogens with one attached hydrogen (secondary N) is 1. The number of carbonyl (C=O) groups excluding carboxylic acids is 1. The highest BCUT2D eigenvalue weighted by molar-refractivity contribution is 7.89. The van der Waals surface area contributed by atoms with Gasteiger partial charge in [0.25, 0.3) is 0 Å². The van der Waals surface area contributed by atoms with Crippen LogP contribution in [0.3, 0.4) is 0 Å². The molecule has 1 aromatic carbocycles. The Morgan fingerprint density at radius 3 is 2.37 bits per heavy atom. The molecule has 14 heteroatoms. The molecule has 2 fully saturated rings. The van der Waals surface area contributed by atoms with Crippen LogP contribution in [0.5, 0.6) is 0 Å². The van der Waals surface area contributed by atoms with Crippen molar-refractivity contribution in [2.75, 3.05) is 0 Å². The number of hydrogen-bond donors (Lipinski definition) is 1. The quantitative estimate of drug-likeness (QED) is 0.349. The van der Waals surface area contributed by atoms with Gasteiger partial charge in [0.1, 0.15) is 17.0 Å². The van der Waals surface area contributed by atoms with E-state index in [9.17, 15) is 30.8 Å². The molecule has 200 valence electrons. The smallest absolute Gasteiger partial charge is 0.351 e. The summed E-state index contributed by atoms with van der Waals surface area (Å²) in [5, 5.41) is 2.76. The van der Waals surface area contributed by atoms with Crippen LogP contribution in [0.2, 0.25) is 5.15 Å². The van der Waals surface area contributed by atoms with E-state index in [1.807, 2.05) is 0 Å². The molecule has 0 radical (unpaired) electrons. The number of carbonyl (C=O) groups is 1. The summed E-state index contributed by atoms with van der Waals surface area (Å²) < 4.78 is 79.8. The summed E-state index contributed by atoms with van der Waals surface area (Å²) in [4.78, 5) is 23.8. The van der Waals surface area contributed by atoms with Gasteiger partial charge in [-0.3, -0.25) is 4.79 Å². The zero-order chi connectivity index (χ0) is 27.3. The zero-order valence-electron chi connectivity index (χ0n) is 19.5. The van der Waals surface area contributed by atoms with Crippen molar-refractivity contribution >= 4 is 27.5 Å². The number of hydrogen-bond acceptors (Lipinski definition) is 6. The van der Waals surface area contributed by atoms with Crippen LogP contribution >= 0.6 is 11.6 Å². The van der Waals surface area contributed by atoms with E-state index in [0.29, 0.717) is 31.2 Å². The molecule has 1 saturated heterocycles. The molecule has 1 aliphatic heterocycles. The van der Waals surface area contributed by atoms with Crippen LogP contribution in [0.15, 0.2) is 53.7 Å². The molecule has 1 aliphatic carbocycles. The Balaban J connectivity index is 1.33. The van der Waals surface area contributed by atoms with Crippen molar-refractivity contribution in [1.29, 1.82) is 0 Å². The van der Waals surface area contributed by atoms with Crippen molar-refractivity contribution in [2.24, 2.45) is 0 Å². The van der Waals surface area contributed by atoms with Crippen molar-refractivity contribution in [1.82, 2.24) is 24.6 Å². The largest absolute Gasteiger partial charge is 0.451 e. The molecule has 3 aromatic rings. The van der Waals surface area contributed by atoms with Crippen LogP contribution in [0, 0.1) is 5.82 Å². The number of halogens is 5. The lowest BCUT2D eigenvalue weighted by Gasteiger charge is -2.29. The molecule has 1 atom stereocenters. The lowest BCUT2D eigenvalue weighted by atomic mass is 10.1. The van der Waals surface area contributed by atoms with E-state index in [2.05, 4.69) is 20.3 Å². The maximum atomic E-state index is 13.4. The Bertz CT molecular complexity index is 1480. The van der Waals surface area contributed by atoms with Gasteiger partial charge < -0.3 is 5.32 Å². The molecule has 1 spiro atoms. The molecule has 5 rings (SSSR count). The Labute approximate surface area is 220 Å². The first-order chi connectivity index (χ1) is 17.9. The molecule has 38 heavy (non-hydrogen) atoms. The number of alkyl halides is 3. The molecule has 8 nitrogen and oxygen atoms in total. The van der Waals surface area contributed by atoms with Crippen LogP contribution < -0.4 is 5.32 Å². The highest BCUT2D eigenvalue weighted by Crippen LogP contribution is 2.54. The van der Waals surface area contributed by atoms with Gasteiger partial charge in [-0.05, 0) is 67.6 Å². The van der Waals surface area contributed by atoms with Gasteiger partial charge in [0, 0.05) is 30.0 Å². The SMILES string of the molecule is O=C(NCc1cc(Cl)nc(-c2cnc(C(F)(F)F)nc2)c1)[C@@H]1CCC2(CC2)N1S(=O)(=O)c1ccc(F)cc1. The van der Waals surface area contributed by atoms with Crippen molar-refractivity contribution in [3.8, 4) is 11.3 Å². The summed E-state index contributed by atoms with van der Waals surface area (Å²) in [5.74, 6) is -2.37. The van der Waals surface area contributed by atoms with E-state index < -0.39 is 45.3 Å². The molecule has 2 aliphatic rings. The van der Waals surface area contributed by atoms with Crippen LogP contribution in [-0.4, -0.2) is 45.2 Å². The average molecular weight is 570 g/mol. The van der Waals surface area contributed by atoms with Crippen LogP contribution in [-0.2, 0) is 27.5 Å². The Hall–Kier alpha value is -3.16. The highest BCUT2D eigenvalue weighted by Gasteiger charge is 2.61. The van der Waals surface area contributed by atoms with E-state index in [1.165, 1.54) is 28.6 Å². The number of amides is 1. The third-order valence-corrected chi connectivity index (χ3v) is 8.88. The third kappa shape index (κ3) is 5.09. The summed E-state index contributed by atoms with van der Waals surface area (Å²) in [7, 11) is -4.06. The topological polar surface area (TPSA) is 105 Å². The average Bonchev–Trinajstić information content (AvgIpc) is 3.53. The van der Waals surface area contributed by atoms with Gasteiger partial charge in [0.15, 0.2) is 0 Å². The summed E-state index contributed by atoms with van der Waals surface area (Å²) in [5.41, 5.74) is 0.260. The van der Waals surface area contributed by atoms with Crippen molar-refractivity contribution in [3.63, 3.8) is 0 Å². The molecule has 0 unspecified atom stereocenters. The fraction of sp³-hybridized carbons (Fsp3) is 0.333. The minimum Gasteiger partial charge on any atom is -0.351 e. The number of benzene rings is 1. The van der Waals surface area contributed by atoms with Crippen molar-refractivity contribution in [3.05, 3.63) is 71.2 Å². The van der Waals surface area contributed by atoms with Gasteiger partial charge in [0.05, 0.1) is 10.6 Å². The molecule has 2 aromatic heterocycles. The first-order valence-electron chi connectivity index (χ1n) is 11.5.